The molecular weight excluding hydrogens is 262 g/mol. The summed E-state index contributed by atoms with van der Waals surface area (Å²) in [7, 11) is 1.60. The number of aromatic nitrogens is 2. The van der Waals surface area contributed by atoms with Crippen molar-refractivity contribution in [2.75, 3.05) is 7.11 Å². The second-order valence-electron chi connectivity index (χ2n) is 5.16. The van der Waals surface area contributed by atoms with E-state index >= 15 is 0 Å². The standard InChI is InChI=1S/C17H23N3O/c1-4-17(5-2,13-9-7-6-8-10-13)15(18)14-16(21-3)20-12-11-19-14/h6-12,15H,4-5,18H2,1-3H3. The van der Waals surface area contributed by atoms with Gasteiger partial charge in [-0.15, -0.1) is 0 Å². The summed E-state index contributed by atoms with van der Waals surface area (Å²) in [5.74, 6) is 0.507. The maximum atomic E-state index is 6.62. The van der Waals surface area contributed by atoms with Gasteiger partial charge in [0.25, 0.3) is 0 Å². The predicted molar refractivity (Wildman–Crippen MR) is 84.2 cm³/mol. The van der Waals surface area contributed by atoms with E-state index in [1.165, 1.54) is 5.56 Å². The molecule has 21 heavy (non-hydrogen) atoms. The Morgan fingerprint density at radius 1 is 1.10 bits per heavy atom. The minimum absolute atomic E-state index is 0.176. The van der Waals surface area contributed by atoms with Crippen LogP contribution in [0.3, 0.4) is 0 Å². The van der Waals surface area contributed by atoms with Gasteiger partial charge in [-0.05, 0) is 18.4 Å². The molecule has 0 bridgehead atoms. The third-order valence-electron chi connectivity index (χ3n) is 4.38. The van der Waals surface area contributed by atoms with Gasteiger partial charge in [-0.1, -0.05) is 44.2 Å². The Hall–Kier alpha value is -1.94. The van der Waals surface area contributed by atoms with E-state index in [1.54, 1.807) is 19.5 Å². The van der Waals surface area contributed by atoms with Crippen LogP contribution in [0.15, 0.2) is 42.7 Å². The zero-order chi connectivity index (χ0) is 15.3. The van der Waals surface area contributed by atoms with Gasteiger partial charge >= 0.3 is 0 Å². The van der Waals surface area contributed by atoms with E-state index < -0.39 is 0 Å². The molecule has 1 heterocycles. The molecule has 0 aliphatic carbocycles. The zero-order valence-electron chi connectivity index (χ0n) is 12.9. The minimum atomic E-state index is -0.265. The first-order valence-corrected chi connectivity index (χ1v) is 7.35. The zero-order valence-corrected chi connectivity index (χ0v) is 12.9. The summed E-state index contributed by atoms with van der Waals surface area (Å²) in [6.07, 6.45) is 5.14. The summed E-state index contributed by atoms with van der Waals surface area (Å²) in [4.78, 5) is 8.65. The molecule has 112 valence electrons. The molecule has 2 aromatic rings. The van der Waals surface area contributed by atoms with Crippen LogP contribution in [0.4, 0.5) is 0 Å². The van der Waals surface area contributed by atoms with Crippen LogP contribution in [0.2, 0.25) is 0 Å². The number of hydrogen-bond donors (Lipinski definition) is 1. The first-order chi connectivity index (χ1) is 10.2. The molecule has 4 nitrogen and oxygen atoms in total. The molecule has 0 aliphatic heterocycles. The van der Waals surface area contributed by atoms with Gasteiger partial charge in [0.15, 0.2) is 0 Å². The maximum absolute atomic E-state index is 6.62. The van der Waals surface area contributed by atoms with E-state index in [9.17, 15) is 0 Å². The monoisotopic (exact) mass is 285 g/mol. The molecular formula is C17H23N3O. The molecule has 0 saturated heterocycles. The number of hydrogen-bond acceptors (Lipinski definition) is 4. The fourth-order valence-electron chi connectivity index (χ4n) is 3.02. The molecule has 0 spiro atoms. The van der Waals surface area contributed by atoms with E-state index in [-0.39, 0.29) is 11.5 Å². The smallest absolute Gasteiger partial charge is 0.237 e. The lowest BCUT2D eigenvalue weighted by Gasteiger charge is -2.38. The molecule has 0 fully saturated rings. The quantitative estimate of drug-likeness (QED) is 0.885. The second kappa shape index (κ2) is 6.68. The number of methoxy groups -OCH3 is 1. The van der Waals surface area contributed by atoms with Gasteiger partial charge < -0.3 is 10.5 Å². The summed E-state index contributed by atoms with van der Waals surface area (Å²) in [6, 6.07) is 10.1. The van der Waals surface area contributed by atoms with Crippen LogP contribution in [-0.2, 0) is 5.41 Å². The van der Waals surface area contributed by atoms with Crippen LogP contribution < -0.4 is 10.5 Å². The molecule has 1 aromatic carbocycles. The molecule has 0 radical (unpaired) electrons. The lowest BCUT2D eigenvalue weighted by Crippen LogP contribution is -2.38. The van der Waals surface area contributed by atoms with Gasteiger partial charge in [-0.3, -0.25) is 4.98 Å². The summed E-state index contributed by atoms with van der Waals surface area (Å²) in [5.41, 5.74) is 8.39. The van der Waals surface area contributed by atoms with E-state index in [0.717, 1.165) is 12.8 Å². The molecule has 0 aliphatic rings. The average molecular weight is 285 g/mol. The van der Waals surface area contributed by atoms with Gasteiger partial charge in [-0.25, -0.2) is 4.98 Å². The Kier molecular flexibility index (Phi) is 4.91. The molecule has 2 rings (SSSR count). The summed E-state index contributed by atoms with van der Waals surface area (Å²) < 4.78 is 5.33. The minimum Gasteiger partial charge on any atom is -0.480 e. The Labute approximate surface area is 126 Å². The van der Waals surface area contributed by atoms with Crippen molar-refractivity contribution >= 4 is 0 Å². The molecule has 2 N–H and O–H groups in total. The van der Waals surface area contributed by atoms with Crippen molar-refractivity contribution in [3.8, 4) is 5.88 Å². The molecule has 1 aromatic heterocycles. The van der Waals surface area contributed by atoms with Crippen molar-refractivity contribution in [3.63, 3.8) is 0 Å². The summed E-state index contributed by atoms with van der Waals surface area (Å²) >= 11 is 0. The van der Waals surface area contributed by atoms with Gasteiger partial charge in [0.1, 0.15) is 5.69 Å². The number of nitrogens with zero attached hydrogens (tertiary/aromatic N) is 2. The first kappa shape index (κ1) is 15.4. The van der Waals surface area contributed by atoms with Crippen molar-refractivity contribution in [1.29, 1.82) is 0 Å². The Morgan fingerprint density at radius 3 is 2.29 bits per heavy atom. The lowest BCUT2D eigenvalue weighted by molar-refractivity contribution is 0.302. The summed E-state index contributed by atoms with van der Waals surface area (Å²) in [6.45, 7) is 4.33. The highest BCUT2D eigenvalue weighted by molar-refractivity contribution is 5.33. The van der Waals surface area contributed by atoms with Crippen LogP contribution in [0.1, 0.15) is 44.0 Å². The molecule has 0 saturated carbocycles. The maximum Gasteiger partial charge on any atom is 0.237 e. The van der Waals surface area contributed by atoms with Crippen LogP contribution >= 0.6 is 0 Å². The van der Waals surface area contributed by atoms with Crippen LogP contribution in [0, 0.1) is 0 Å². The summed E-state index contributed by atoms with van der Waals surface area (Å²) in [5, 5.41) is 0. The van der Waals surface area contributed by atoms with Crippen LogP contribution in [-0.4, -0.2) is 17.1 Å². The first-order valence-electron chi connectivity index (χ1n) is 7.35. The normalized spacial score (nSPS) is 13.0. The fourth-order valence-corrected chi connectivity index (χ4v) is 3.02. The molecule has 4 heteroatoms. The molecule has 1 atom stereocenters. The van der Waals surface area contributed by atoms with Crippen molar-refractivity contribution < 1.29 is 4.74 Å². The SMILES string of the molecule is CCC(CC)(c1ccccc1)C(N)c1nccnc1OC. The van der Waals surface area contributed by atoms with Gasteiger partial charge in [0.2, 0.25) is 5.88 Å². The fraction of sp³-hybridized carbons (Fsp3) is 0.412. The van der Waals surface area contributed by atoms with Gasteiger partial charge in [0, 0.05) is 17.8 Å². The average Bonchev–Trinajstić information content (AvgIpc) is 2.57. The van der Waals surface area contributed by atoms with E-state index in [1.807, 2.05) is 6.07 Å². The third-order valence-corrected chi connectivity index (χ3v) is 4.38. The Balaban J connectivity index is 2.52. The van der Waals surface area contributed by atoms with E-state index in [2.05, 4.69) is 48.1 Å². The molecule has 1 unspecified atom stereocenters. The van der Waals surface area contributed by atoms with Gasteiger partial charge in [0.05, 0.1) is 13.2 Å². The highest BCUT2D eigenvalue weighted by atomic mass is 16.5. The van der Waals surface area contributed by atoms with Gasteiger partial charge in [-0.2, -0.15) is 0 Å². The highest BCUT2D eigenvalue weighted by Crippen LogP contribution is 2.42. The Morgan fingerprint density at radius 2 is 1.71 bits per heavy atom. The van der Waals surface area contributed by atoms with Crippen LogP contribution in [0.5, 0.6) is 5.88 Å². The van der Waals surface area contributed by atoms with Crippen molar-refractivity contribution in [3.05, 3.63) is 54.0 Å². The molecule has 0 amide bonds. The highest BCUT2D eigenvalue weighted by Gasteiger charge is 2.38. The predicted octanol–water partition coefficient (Wildman–Crippen LogP) is 3.24. The van der Waals surface area contributed by atoms with Crippen molar-refractivity contribution in [2.24, 2.45) is 5.73 Å². The third kappa shape index (κ3) is 2.76. The van der Waals surface area contributed by atoms with Crippen molar-refractivity contribution in [2.45, 2.75) is 38.1 Å². The van der Waals surface area contributed by atoms with Crippen LogP contribution in [0.25, 0.3) is 0 Å². The number of rotatable bonds is 6. The lowest BCUT2D eigenvalue weighted by atomic mass is 9.69. The largest absolute Gasteiger partial charge is 0.480 e. The van der Waals surface area contributed by atoms with E-state index in [0.29, 0.717) is 11.6 Å². The topological polar surface area (TPSA) is 61.0 Å². The van der Waals surface area contributed by atoms with Crippen molar-refractivity contribution in [1.82, 2.24) is 9.97 Å². The Bertz CT molecular complexity index is 567. The number of benzene rings is 1. The second-order valence-corrected chi connectivity index (χ2v) is 5.16. The number of nitrogens with two attached hydrogens (primary N) is 1. The number of ether oxygens (including phenoxy) is 1. The van der Waals surface area contributed by atoms with E-state index in [4.69, 9.17) is 10.5 Å².